The molecule has 2 aliphatic heterocycles. The van der Waals surface area contributed by atoms with Gasteiger partial charge in [0.2, 0.25) is 0 Å². The van der Waals surface area contributed by atoms with Crippen LogP contribution in [0.1, 0.15) is 22.3 Å². The molecule has 0 aromatic heterocycles. The van der Waals surface area contributed by atoms with Crippen LogP contribution in [-0.4, -0.2) is 53.9 Å². The number of nitrogens with zero attached hydrogens (tertiary/aromatic N) is 2. The fraction of sp³-hybridized carbons (Fsp3) is 0.333. The maximum Gasteiger partial charge on any atom is 0.264 e. The Balaban J connectivity index is 1.40. The van der Waals surface area contributed by atoms with E-state index < -0.39 is 11.9 Å². The molecule has 28 heavy (non-hydrogen) atoms. The normalized spacial score (nSPS) is 19.0. The lowest BCUT2D eigenvalue weighted by Gasteiger charge is -2.24. The van der Waals surface area contributed by atoms with E-state index in [9.17, 15) is 14.0 Å². The van der Waals surface area contributed by atoms with Crippen LogP contribution in [0.15, 0.2) is 42.5 Å². The summed E-state index contributed by atoms with van der Waals surface area (Å²) < 4.78 is 19.7. The minimum atomic E-state index is -0.567. The number of carbonyl (C=O) groups is 2. The Labute approximate surface area is 167 Å². The minimum Gasteiger partial charge on any atom is -0.480 e. The first-order valence-electron chi connectivity index (χ1n) is 9.30. The van der Waals surface area contributed by atoms with Gasteiger partial charge in [0, 0.05) is 37.6 Å². The van der Waals surface area contributed by atoms with Crippen LogP contribution >= 0.6 is 11.6 Å². The number of fused-ring (bicyclic) bond motifs is 1. The molecule has 2 heterocycles. The molecule has 0 saturated carbocycles. The number of hydrogen-bond donors (Lipinski definition) is 0. The lowest BCUT2D eigenvalue weighted by atomic mass is 10.1. The van der Waals surface area contributed by atoms with Gasteiger partial charge in [0.25, 0.3) is 11.8 Å². The van der Waals surface area contributed by atoms with E-state index in [2.05, 4.69) is 0 Å². The molecule has 0 bridgehead atoms. The van der Waals surface area contributed by atoms with Crippen molar-refractivity contribution in [3.05, 3.63) is 64.4 Å². The van der Waals surface area contributed by atoms with E-state index in [-0.39, 0.29) is 17.4 Å². The van der Waals surface area contributed by atoms with E-state index in [1.54, 1.807) is 34.1 Å². The Kier molecular flexibility index (Phi) is 5.22. The molecule has 1 unspecified atom stereocenters. The number of carbonyl (C=O) groups excluding carboxylic acids is 2. The summed E-state index contributed by atoms with van der Waals surface area (Å²) in [5.74, 6) is -0.270. The predicted molar refractivity (Wildman–Crippen MR) is 103 cm³/mol. The van der Waals surface area contributed by atoms with Gasteiger partial charge in [-0.25, -0.2) is 4.39 Å². The molecule has 146 valence electrons. The summed E-state index contributed by atoms with van der Waals surface area (Å²) in [7, 11) is 0. The molecular formula is C21H20ClFN2O3. The zero-order valence-electron chi connectivity index (χ0n) is 15.2. The summed E-state index contributed by atoms with van der Waals surface area (Å²) in [4.78, 5) is 28.9. The molecule has 2 amide bonds. The first-order chi connectivity index (χ1) is 13.5. The first kappa shape index (κ1) is 18.7. The lowest BCUT2D eigenvalue weighted by Crippen LogP contribution is -2.43. The van der Waals surface area contributed by atoms with Gasteiger partial charge in [-0.3, -0.25) is 9.59 Å². The Morgan fingerprint density at radius 2 is 1.79 bits per heavy atom. The highest BCUT2D eigenvalue weighted by Gasteiger charge is 2.33. The monoisotopic (exact) mass is 402 g/mol. The van der Waals surface area contributed by atoms with Crippen molar-refractivity contribution in [2.24, 2.45) is 0 Å². The molecule has 4 rings (SSSR count). The summed E-state index contributed by atoms with van der Waals surface area (Å²) in [6.07, 6.45) is 0.558. The molecule has 0 radical (unpaired) electrons. The Morgan fingerprint density at radius 1 is 1.04 bits per heavy atom. The van der Waals surface area contributed by atoms with Crippen LogP contribution in [0.25, 0.3) is 0 Å². The van der Waals surface area contributed by atoms with Crippen molar-refractivity contribution in [1.29, 1.82) is 0 Å². The summed E-state index contributed by atoms with van der Waals surface area (Å²) in [6, 6.07) is 11.3. The van der Waals surface area contributed by atoms with Crippen LogP contribution in [0.4, 0.5) is 4.39 Å². The van der Waals surface area contributed by atoms with Crippen molar-refractivity contribution >= 4 is 23.4 Å². The number of hydrogen-bond acceptors (Lipinski definition) is 3. The predicted octanol–water partition coefficient (Wildman–Crippen LogP) is 3.16. The zero-order chi connectivity index (χ0) is 19.7. The topological polar surface area (TPSA) is 49.9 Å². The molecule has 1 fully saturated rings. The van der Waals surface area contributed by atoms with Gasteiger partial charge in [-0.2, -0.15) is 0 Å². The van der Waals surface area contributed by atoms with Crippen LogP contribution in [0.5, 0.6) is 5.75 Å². The van der Waals surface area contributed by atoms with Crippen molar-refractivity contribution < 1.29 is 18.7 Å². The Morgan fingerprint density at radius 3 is 2.61 bits per heavy atom. The van der Waals surface area contributed by atoms with Gasteiger partial charge < -0.3 is 14.5 Å². The van der Waals surface area contributed by atoms with Crippen molar-refractivity contribution in [2.45, 2.75) is 18.9 Å². The van der Waals surface area contributed by atoms with Crippen molar-refractivity contribution in [3.8, 4) is 5.75 Å². The smallest absolute Gasteiger partial charge is 0.264 e. The van der Waals surface area contributed by atoms with Gasteiger partial charge in [0.05, 0.1) is 5.56 Å². The second-order valence-electron chi connectivity index (χ2n) is 7.01. The fourth-order valence-corrected chi connectivity index (χ4v) is 3.90. The van der Waals surface area contributed by atoms with Gasteiger partial charge in [0.1, 0.15) is 11.6 Å². The summed E-state index contributed by atoms with van der Waals surface area (Å²) in [5.41, 5.74) is 0.991. The fourth-order valence-electron chi connectivity index (χ4n) is 3.70. The van der Waals surface area contributed by atoms with Crippen molar-refractivity contribution in [2.75, 3.05) is 26.2 Å². The third-order valence-corrected chi connectivity index (χ3v) is 5.41. The van der Waals surface area contributed by atoms with Gasteiger partial charge in [-0.05, 0) is 42.3 Å². The highest BCUT2D eigenvalue weighted by Crippen LogP contribution is 2.31. The average molecular weight is 403 g/mol. The maximum absolute atomic E-state index is 13.9. The van der Waals surface area contributed by atoms with E-state index in [0.29, 0.717) is 49.8 Å². The van der Waals surface area contributed by atoms with Crippen LogP contribution in [-0.2, 0) is 11.2 Å². The van der Waals surface area contributed by atoms with E-state index >= 15 is 0 Å². The molecule has 5 nitrogen and oxygen atoms in total. The SMILES string of the molecule is O=C(c1ccccc1F)N1CCCN(C(=O)C2Cc3cc(Cl)ccc3O2)CC1. The third-order valence-electron chi connectivity index (χ3n) is 5.17. The van der Waals surface area contributed by atoms with E-state index in [0.717, 1.165) is 5.56 Å². The number of rotatable bonds is 2. The Bertz CT molecular complexity index is 920. The quantitative estimate of drug-likeness (QED) is 0.775. The summed E-state index contributed by atoms with van der Waals surface area (Å²) in [5, 5.41) is 0.618. The molecule has 7 heteroatoms. The summed E-state index contributed by atoms with van der Waals surface area (Å²) >= 11 is 6.01. The van der Waals surface area contributed by atoms with Gasteiger partial charge in [-0.15, -0.1) is 0 Å². The standard InChI is InChI=1S/C21H20ClFN2O3/c22-15-6-7-18-14(12-15)13-19(28-18)21(27)25-9-3-8-24(10-11-25)20(26)16-4-1-2-5-17(16)23/h1-2,4-7,12,19H,3,8-11,13H2. The molecule has 0 N–H and O–H groups in total. The second-order valence-corrected chi connectivity index (χ2v) is 7.45. The second kappa shape index (κ2) is 7.80. The molecule has 1 atom stereocenters. The third kappa shape index (κ3) is 3.69. The first-order valence-corrected chi connectivity index (χ1v) is 9.68. The van der Waals surface area contributed by atoms with Crippen LogP contribution in [0.3, 0.4) is 0 Å². The molecular weight excluding hydrogens is 383 g/mol. The molecule has 0 spiro atoms. The molecule has 2 aromatic rings. The number of ether oxygens (including phenoxy) is 1. The van der Waals surface area contributed by atoms with Gasteiger partial charge in [-0.1, -0.05) is 23.7 Å². The largest absolute Gasteiger partial charge is 0.480 e. The summed E-state index contributed by atoms with van der Waals surface area (Å²) in [6.45, 7) is 1.79. The number of halogens is 2. The molecule has 1 saturated heterocycles. The van der Waals surface area contributed by atoms with Gasteiger partial charge >= 0.3 is 0 Å². The lowest BCUT2D eigenvalue weighted by molar-refractivity contribution is -0.137. The number of amides is 2. The van der Waals surface area contributed by atoms with Crippen LogP contribution < -0.4 is 4.74 Å². The highest BCUT2D eigenvalue weighted by molar-refractivity contribution is 6.30. The maximum atomic E-state index is 13.9. The Hall–Kier alpha value is -2.60. The molecule has 2 aromatic carbocycles. The molecule has 2 aliphatic rings. The van der Waals surface area contributed by atoms with E-state index in [1.165, 1.54) is 12.1 Å². The van der Waals surface area contributed by atoms with Crippen LogP contribution in [0, 0.1) is 5.82 Å². The van der Waals surface area contributed by atoms with Gasteiger partial charge in [0.15, 0.2) is 6.10 Å². The number of benzene rings is 2. The molecule has 0 aliphatic carbocycles. The van der Waals surface area contributed by atoms with E-state index in [1.807, 2.05) is 6.07 Å². The highest BCUT2D eigenvalue weighted by atomic mass is 35.5. The average Bonchev–Trinajstić information content (AvgIpc) is 2.95. The zero-order valence-corrected chi connectivity index (χ0v) is 16.0. The van der Waals surface area contributed by atoms with Crippen LogP contribution in [0.2, 0.25) is 5.02 Å². The van der Waals surface area contributed by atoms with E-state index in [4.69, 9.17) is 16.3 Å². The van der Waals surface area contributed by atoms with Crippen molar-refractivity contribution in [1.82, 2.24) is 9.80 Å². The minimum absolute atomic E-state index is 0.0636. The van der Waals surface area contributed by atoms with Crippen molar-refractivity contribution in [3.63, 3.8) is 0 Å².